The fourth-order valence-electron chi connectivity index (χ4n) is 2.24. The predicted octanol–water partition coefficient (Wildman–Crippen LogP) is 0.188. The van der Waals surface area contributed by atoms with E-state index < -0.39 is 0 Å². The Balaban J connectivity index is 1.87. The van der Waals surface area contributed by atoms with Gasteiger partial charge in [-0.3, -0.25) is 0 Å². The van der Waals surface area contributed by atoms with Gasteiger partial charge in [0.05, 0.1) is 32.5 Å². The van der Waals surface area contributed by atoms with Gasteiger partial charge in [0, 0.05) is 5.92 Å². The van der Waals surface area contributed by atoms with Crippen LogP contribution < -0.4 is 0 Å². The van der Waals surface area contributed by atoms with Crippen LogP contribution in [-0.2, 0) is 14.2 Å². The first-order valence-corrected chi connectivity index (χ1v) is 5.32. The summed E-state index contributed by atoms with van der Waals surface area (Å²) in [6, 6.07) is 0. The molecule has 0 amide bonds. The molecule has 2 saturated heterocycles. The molecule has 2 heterocycles. The van der Waals surface area contributed by atoms with Gasteiger partial charge in [0.25, 0.3) is 0 Å². The summed E-state index contributed by atoms with van der Waals surface area (Å²) in [5, 5.41) is 8.66. The Hall–Kier alpha value is -0.160. The first-order chi connectivity index (χ1) is 6.86. The largest absolute Gasteiger partial charge is 0.394 e. The average molecular weight is 202 g/mol. The molecule has 2 fully saturated rings. The lowest BCUT2D eigenvalue weighted by Crippen LogP contribution is -2.32. The molecule has 0 saturated carbocycles. The fourth-order valence-corrected chi connectivity index (χ4v) is 2.24. The van der Waals surface area contributed by atoms with E-state index in [-0.39, 0.29) is 24.9 Å². The van der Waals surface area contributed by atoms with Gasteiger partial charge in [-0.05, 0) is 6.42 Å². The van der Waals surface area contributed by atoms with Crippen LogP contribution >= 0.6 is 0 Å². The lowest BCUT2D eigenvalue weighted by molar-refractivity contribution is -0.0419. The van der Waals surface area contributed by atoms with Crippen molar-refractivity contribution in [3.8, 4) is 0 Å². The van der Waals surface area contributed by atoms with E-state index in [4.69, 9.17) is 19.3 Å². The molecule has 0 bridgehead atoms. The third-order valence-corrected chi connectivity index (χ3v) is 3.06. The van der Waals surface area contributed by atoms with Crippen LogP contribution in [0.5, 0.6) is 0 Å². The van der Waals surface area contributed by atoms with Gasteiger partial charge < -0.3 is 19.3 Å². The van der Waals surface area contributed by atoms with Crippen LogP contribution in [0.4, 0.5) is 0 Å². The maximum atomic E-state index is 8.66. The molecule has 82 valence electrons. The van der Waals surface area contributed by atoms with E-state index in [1.54, 1.807) is 0 Å². The Morgan fingerprint density at radius 2 is 2.07 bits per heavy atom. The highest BCUT2D eigenvalue weighted by molar-refractivity contribution is 4.94. The molecule has 0 aliphatic carbocycles. The van der Waals surface area contributed by atoms with Crippen molar-refractivity contribution in [1.29, 1.82) is 0 Å². The fraction of sp³-hybridized carbons (Fsp3) is 1.00. The second-order valence-electron chi connectivity index (χ2n) is 3.90. The molecule has 0 spiro atoms. The molecule has 4 atom stereocenters. The van der Waals surface area contributed by atoms with E-state index in [2.05, 4.69) is 6.92 Å². The van der Waals surface area contributed by atoms with Gasteiger partial charge in [0.2, 0.25) is 0 Å². The molecule has 2 aliphatic heterocycles. The smallest absolute Gasteiger partial charge is 0.112 e. The first kappa shape index (κ1) is 10.4. The van der Waals surface area contributed by atoms with Gasteiger partial charge in [-0.2, -0.15) is 0 Å². The highest BCUT2D eigenvalue weighted by Crippen LogP contribution is 2.33. The zero-order valence-corrected chi connectivity index (χ0v) is 8.52. The monoisotopic (exact) mass is 202 g/mol. The molecule has 0 aromatic rings. The van der Waals surface area contributed by atoms with Crippen LogP contribution in [0.1, 0.15) is 13.3 Å². The van der Waals surface area contributed by atoms with Crippen LogP contribution in [0, 0.1) is 5.92 Å². The summed E-state index contributed by atoms with van der Waals surface area (Å²) in [5.74, 6) is 0.516. The lowest BCUT2D eigenvalue weighted by atomic mass is 9.99. The standard InChI is InChI=1S/C10H18O4/c1-2-7-5-13-10-8(12-4-3-11)6-14-9(7)10/h7-11H,2-6H2,1H3/t7-,8-,9-,10-/m1/s1. The zero-order chi connectivity index (χ0) is 9.97. The molecular formula is C10H18O4. The Morgan fingerprint density at radius 1 is 1.29 bits per heavy atom. The Bertz CT molecular complexity index is 185. The van der Waals surface area contributed by atoms with Gasteiger partial charge in [0.15, 0.2) is 0 Å². The number of aliphatic hydroxyl groups excluding tert-OH is 1. The number of fused-ring (bicyclic) bond motifs is 1. The summed E-state index contributed by atoms with van der Waals surface area (Å²) in [5.41, 5.74) is 0. The topological polar surface area (TPSA) is 47.9 Å². The molecule has 4 heteroatoms. The minimum Gasteiger partial charge on any atom is -0.394 e. The molecular weight excluding hydrogens is 184 g/mol. The van der Waals surface area contributed by atoms with Crippen molar-refractivity contribution < 1.29 is 19.3 Å². The summed E-state index contributed by atoms with van der Waals surface area (Å²) in [6.45, 7) is 3.97. The molecule has 1 N–H and O–H groups in total. The molecule has 2 rings (SSSR count). The van der Waals surface area contributed by atoms with Gasteiger partial charge >= 0.3 is 0 Å². The SMILES string of the molecule is CC[C@@H]1CO[C@H]2[C@@H]1OC[C@H]2OCCO. The number of ether oxygens (including phenoxy) is 3. The van der Waals surface area contributed by atoms with Gasteiger partial charge in [-0.15, -0.1) is 0 Å². The van der Waals surface area contributed by atoms with Crippen molar-refractivity contribution in [3.05, 3.63) is 0 Å². The second kappa shape index (κ2) is 4.57. The molecule has 2 aliphatic rings. The summed E-state index contributed by atoms with van der Waals surface area (Å²) >= 11 is 0. The predicted molar refractivity (Wildman–Crippen MR) is 50.1 cm³/mol. The quantitative estimate of drug-likeness (QED) is 0.707. The Morgan fingerprint density at radius 3 is 2.79 bits per heavy atom. The summed E-state index contributed by atoms with van der Waals surface area (Å²) in [7, 11) is 0. The van der Waals surface area contributed by atoms with Crippen molar-refractivity contribution in [2.75, 3.05) is 26.4 Å². The van der Waals surface area contributed by atoms with Gasteiger partial charge in [-0.25, -0.2) is 0 Å². The lowest BCUT2D eigenvalue weighted by Gasteiger charge is -2.16. The van der Waals surface area contributed by atoms with Crippen LogP contribution in [0.3, 0.4) is 0 Å². The van der Waals surface area contributed by atoms with Crippen molar-refractivity contribution in [2.45, 2.75) is 31.7 Å². The average Bonchev–Trinajstić information content (AvgIpc) is 2.75. The number of hydrogen-bond donors (Lipinski definition) is 1. The summed E-state index contributed by atoms with van der Waals surface area (Å²) in [4.78, 5) is 0. The zero-order valence-electron chi connectivity index (χ0n) is 8.52. The normalized spacial score (nSPS) is 41.6. The number of aliphatic hydroxyl groups is 1. The Kier molecular flexibility index (Phi) is 3.38. The van der Waals surface area contributed by atoms with Crippen molar-refractivity contribution in [3.63, 3.8) is 0 Å². The number of hydrogen-bond acceptors (Lipinski definition) is 4. The molecule has 0 radical (unpaired) electrons. The van der Waals surface area contributed by atoms with E-state index in [0.717, 1.165) is 13.0 Å². The van der Waals surface area contributed by atoms with E-state index in [9.17, 15) is 0 Å². The van der Waals surface area contributed by atoms with Crippen LogP contribution in [0.25, 0.3) is 0 Å². The molecule has 0 unspecified atom stereocenters. The van der Waals surface area contributed by atoms with Gasteiger partial charge in [-0.1, -0.05) is 6.92 Å². The third kappa shape index (κ3) is 1.80. The maximum absolute atomic E-state index is 8.66. The van der Waals surface area contributed by atoms with E-state index in [0.29, 0.717) is 19.1 Å². The van der Waals surface area contributed by atoms with E-state index in [1.807, 2.05) is 0 Å². The van der Waals surface area contributed by atoms with Crippen molar-refractivity contribution in [1.82, 2.24) is 0 Å². The molecule has 14 heavy (non-hydrogen) atoms. The van der Waals surface area contributed by atoms with Crippen molar-refractivity contribution in [2.24, 2.45) is 5.92 Å². The minimum atomic E-state index is 0.0173. The highest BCUT2D eigenvalue weighted by Gasteiger charge is 2.47. The minimum absolute atomic E-state index is 0.0173. The van der Waals surface area contributed by atoms with E-state index >= 15 is 0 Å². The molecule has 0 aromatic carbocycles. The highest BCUT2D eigenvalue weighted by atomic mass is 16.6. The summed E-state index contributed by atoms with van der Waals surface area (Å²) < 4.78 is 16.8. The number of rotatable bonds is 4. The van der Waals surface area contributed by atoms with Crippen molar-refractivity contribution >= 4 is 0 Å². The second-order valence-corrected chi connectivity index (χ2v) is 3.90. The van der Waals surface area contributed by atoms with Crippen LogP contribution in [-0.4, -0.2) is 49.8 Å². The van der Waals surface area contributed by atoms with Crippen LogP contribution in [0.2, 0.25) is 0 Å². The van der Waals surface area contributed by atoms with Gasteiger partial charge in [0.1, 0.15) is 12.2 Å². The van der Waals surface area contributed by atoms with E-state index in [1.165, 1.54) is 0 Å². The maximum Gasteiger partial charge on any atom is 0.112 e. The Labute approximate surface area is 84.1 Å². The first-order valence-electron chi connectivity index (χ1n) is 5.32. The summed E-state index contributed by atoms with van der Waals surface area (Å²) in [6.07, 6.45) is 1.41. The molecule has 4 nitrogen and oxygen atoms in total. The molecule has 0 aromatic heterocycles. The van der Waals surface area contributed by atoms with Crippen LogP contribution in [0.15, 0.2) is 0 Å². The third-order valence-electron chi connectivity index (χ3n) is 3.06.